The smallest absolute Gasteiger partial charge is 0.230 e. The third-order valence-electron chi connectivity index (χ3n) is 5.19. The largest absolute Gasteiger partial charge is 0.342 e. The van der Waals surface area contributed by atoms with Gasteiger partial charge in [-0.3, -0.25) is 4.79 Å². The van der Waals surface area contributed by atoms with E-state index in [-0.39, 0.29) is 5.41 Å². The minimum absolute atomic E-state index is 0.294. The minimum Gasteiger partial charge on any atom is -0.342 e. The quantitative estimate of drug-likeness (QED) is 0.776. The second-order valence-corrected chi connectivity index (χ2v) is 6.73. The fraction of sp³-hybridized carbons (Fsp3) is 0.941. The number of carbonyl (C=O) groups excluding carboxylic acids is 1. The van der Waals surface area contributed by atoms with Crippen LogP contribution in [0.2, 0.25) is 0 Å². The topological polar surface area (TPSA) is 46.3 Å². The van der Waals surface area contributed by atoms with Crippen molar-refractivity contribution >= 4 is 5.91 Å². The molecule has 0 bridgehead atoms. The van der Waals surface area contributed by atoms with Crippen molar-refractivity contribution in [1.82, 2.24) is 4.90 Å². The molecule has 118 valence electrons. The summed E-state index contributed by atoms with van der Waals surface area (Å²) in [5.74, 6) is 0.916. The van der Waals surface area contributed by atoms with Crippen LogP contribution >= 0.6 is 0 Å². The molecule has 1 aliphatic rings. The van der Waals surface area contributed by atoms with E-state index in [4.69, 9.17) is 5.73 Å². The Morgan fingerprint density at radius 1 is 1.20 bits per heavy atom. The van der Waals surface area contributed by atoms with Gasteiger partial charge in [-0.15, -0.1) is 0 Å². The molecule has 2 atom stereocenters. The monoisotopic (exact) mass is 282 g/mol. The van der Waals surface area contributed by atoms with Gasteiger partial charge in [0, 0.05) is 19.6 Å². The third kappa shape index (κ3) is 3.75. The van der Waals surface area contributed by atoms with Crippen molar-refractivity contribution in [2.75, 3.05) is 13.6 Å². The maximum atomic E-state index is 13.1. The van der Waals surface area contributed by atoms with E-state index in [1.54, 1.807) is 0 Å². The molecule has 0 aromatic carbocycles. The van der Waals surface area contributed by atoms with Gasteiger partial charge in [0.15, 0.2) is 0 Å². The summed E-state index contributed by atoms with van der Waals surface area (Å²) < 4.78 is 0. The summed E-state index contributed by atoms with van der Waals surface area (Å²) in [5, 5.41) is 0. The molecule has 1 aliphatic carbocycles. The molecule has 1 rings (SSSR count). The number of nitrogens with two attached hydrogens (primary N) is 1. The van der Waals surface area contributed by atoms with E-state index in [0.717, 1.165) is 32.1 Å². The van der Waals surface area contributed by atoms with E-state index in [1.807, 2.05) is 11.9 Å². The molecule has 1 amide bonds. The molecule has 1 saturated carbocycles. The number of carbonyl (C=O) groups is 1. The molecule has 3 nitrogen and oxygen atoms in total. The summed E-state index contributed by atoms with van der Waals surface area (Å²) in [6.07, 6.45) is 8.86. The van der Waals surface area contributed by atoms with Crippen molar-refractivity contribution in [2.45, 2.75) is 78.2 Å². The Hall–Kier alpha value is -0.570. The lowest BCUT2D eigenvalue weighted by atomic mass is 9.76. The highest BCUT2D eigenvalue weighted by Crippen LogP contribution is 2.35. The van der Waals surface area contributed by atoms with E-state index < -0.39 is 0 Å². The Bertz CT molecular complexity index is 297. The van der Waals surface area contributed by atoms with Gasteiger partial charge in [0.1, 0.15) is 0 Å². The summed E-state index contributed by atoms with van der Waals surface area (Å²) in [5.41, 5.74) is 5.71. The van der Waals surface area contributed by atoms with Gasteiger partial charge in [-0.05, 0) is 31.6 Å². The van der Waals surface area contributed by atoms with Gasteiger partial charge in [-0.2, -0.15) is 0 Å². The van der Waals surface area contributed by atoms with E-state index in [0.29, 0.717) is 24.4 Å². The average Bonchev–Trinajstić information content (AvgIpc) is 2.46. The summed E-state index contributed by atoms with van der Waals surface area (Å²) in [6, 6.07) is 0.413. The van der Waals surface area contributed by atoms with Crippen LogP contribution in [0.3, 0.4) is 0 Å². The summed E-state index contributed by atoms with van der Waals surface area (Å²) >= 11 is 0. The second kappa shape index (κ2) is 8.02. The molecule has 2 N–H and O–H groups in total. The molecule has 20 heavy (non-hydrogen) atoms. The van der Waals surface area contributed by atoms with Crippen LogP contribution in [-0.4, -0.2) is 30.4 Å². The number of amides is 1. The molecular formula is C17H34N2O. The fourth-order valence-electron chi connectivity index (χ4n) is 3.98. The van der Waals surface area contributed by atoms with Crippen molar-refractivity contribution in [1.29, 1.82) is 0 Å². The Morgan fingerprint density at radius 3 is 2.20 bits per heavy atom. The lowest BCUT2D eigenvalue weighted by Gasteiger charge is -2.42. The van der Waals surface area contributed by atoms with E-state index >= 15 is 0 Å². The van der Waals surface area contributed by atoms with Crippen LogP contribution in [0.4, 0.5) is 0 Å². The lowest BCUT2D eigenvalue weighted by Crippen LogP contribution is -2.52. The highest BCUT2D eigenvalue weighted by molar-refractivity contribution is 5.83. The SMILES string of the molecule is CCCC(CN)(CCC)C(=O)N(C)C1CCCCC1C. The van der Waals surface area contributed by atoms with Gasteiger partial charge >= 0.3 is 0 Å². The number of nitrogens with zero attached hydrogens (tertiary/aromatic N) is 1. The molecule has 0 aliphatic heterocycles. The van der Waals surface area contributed by atoms with Crippen molar-refractivity contribution in [3.05, 3.63) is 0 Å². The van der Waals surface area contributed by atoms with Crippen molar-refractivity contribution in [2.24, 2.45) is 17.1 Å². The summed E-state index contributed by atoms with van der Waals surface area (Å²) in [4.78, 5) is 15.1. The van der Waals surface area contributed by atoms with Crippen LogP contribution in [0, 0.1) is 11.3 Å². The van der Waals surface area contributed by atoms with Gasteiger partial charge in [0.25, 0.3) is 0 Å². The maximum Gasteiger partial charge on any atom is 0.230 e. The van der Waals surface area contributed by atoms with Crippen LogP contribution in [0.25, 0.3) is 0 Å². The van der Waals surface area contributed by atoms with Crippen LogP contribution in [0.5, 0.6) is 0 Å². The number of hydrogen-bond acceptors (Lipinski definition) is 2. The van der Waals surface area contributed by atoms with E-state index in [1.165, 1.54) is 19.3 Å². The van der Waals surface area contributed by atoms with Crippen molar-refractivity contribution in [3.63, 3.8) is 0 Å². The van der Waals surface area contributed by atoms with Gasteiger partial charge in [0.05, 0.1) is 5.41 Å². The Kier molecular flexibility index (Phi) is 7.01. The Labute approximate surface area is 125 Å². The maximum absolute atomic E-state index is 13.1. The molecule has 3 heteroatoms. The summed E-state index contributed by atoms with van der Waals surface area (Å²) in [7, 11) is 2.00. The lowest BCUT2D eigenvalue weighted by molar-refractivity contribution is -0.145. The average molecular weight is 282 g/mol. The predicted molar refractivity (Wildman–Crippen MR) is 85.5 cm³/mol. The van der Waals surface area contributed by atoms with Gasteiger partial charge < -0.3 is 10.6 Å². The van der Waals surface area contributed by atoms with Gasteiger partial charge in [-0.25, -0.2) is 0 Å². The van der Waals surface area contributed by atoms with E-state index in [2.05, 4.69) is 20.8 Å². The van der Waals surface area contributed by atoms with Crippen LogP contribution in [0.1, 0.15) is 72.1 Å². The number of rotatable bonds is 7. The standard InChI is InChI=1S/C17H34N2O/c1-5-11-17(13-18,12-6-2)16(20)19(4)15-10-8-7-9-14(15)3/h14-15H,5-13,18H2,1-4H3. The molecule has 0 saturated heterocycles. The predicted octanol–water partition coefficient (Wildman–Crippen LogP) is 3.57. The zero-order chi connectivity index (χ0) is 15.2. The van der Waals surface area contributed by atoms with Crippen LogP contribution < -0.4 is 5.73 Å². The third-order valence-corrected chi connectivity index (χ3v) is 5.19. The van der Waals surface area contributed by atoms with Crippen molar-refractivity contribution < 1.29 is 4.79 Å². The molecule has 0 radical (unpaired) electrons. The molecule has 0 heterocycles. The fourth-order valence-corrected chi connectivity index (χ4v) is 3.98. The molecule has 0 aromatic rings. The summed E-state index contributed by atoms with van der Waals surface area (Å²) in [6.45, 7) is 7.07. The molecular weight excluding hydrogens is 248 g/mol. The van der Waals surface area contributed by atoms with Crippen LogP contribution in [-0.2, 0) is 4.79 Å². The first-order valence-electron chi connectivity index (χ1n) is 8.49. The molecule has 1 fully saturated rings. The highest BCUT2D eigenvalue weighted by atomic mass is 16.2. The number of hydrogen-bond donors (Lipinski definition) is 1. The molecule has 0 aromatic heterocycles. The highest BCUT2D eigenvalue weighted by Gasteiger charge is 2.40. The minimum atomic E-state index is -0.324. The molecule has 0 spiro atoms. The zero-order valence-electron chi connectivity index (χ0n) is 14.0. The first-order chi connectivity index (χ1) is 9.52. The van der Waals surface area contributed by atoms with Crippen molar-refractivity contribution in [3.8, 4) is 0 Å². The van der Waals surface area contributed by atoms with E-state index in [9.17, 15) is 4.79 Å². The van der Waals surface area contributed by atoms with Gasteiger partial charge in [-0.1, -0.05) is 46.5 Å². The van der Waals surface area contributed by atoms with Crippen LogP contribution in [0.15, 0.2) is 0 Å². The zero-order valence-corrected chi connectivity index (χ0v) is 14.0. The first kappa shape index (κ1) is 17.5. The molecule has 2 unspecified atom stereocenters. The van der Waals surface area contributed by atoms with Gasteiger partial charge in [0.2, 0.25) is 5.91 Å². The Morgan fingerprint density at radius 2 is 1.75 bits per heavy atom. The normalized spacial score (nSPS) is 23.6. The Balaban J connectivity index is 2.86. The first-order valence-corrected chi connectivity index (χ1v) is 8.49. The second-order valence-electron chi connectivity index (χ2n) is 6.73.